The van der Waals surface area contributed by atoms with Crippen LogP contribution in [0.15, 0.2) is 60.0 Å². The number of nitro groups is 1. The van der Waals surface area contributed by atoms with E-state index in [1.165, 1.54) is 23.1 Å². The zero-order chi connectivity index (χ0) is 23.1. The molecule has 0 aliphatic carbocycles. The van der Waals surface area contributed by atoms with Gasteiger partial charge in [-0.1, -0.05) is 42.2 Å². The van der Waals surface area contributed by atoms with Gasteiger partial charge in [-0.2, -0.15) is 0 Å². The predicted octanol–water partition coefficient (Wildman–Crippen LogP) is 4.45. The normalized spacial score (nSPS) is 14.5. The molecule has 1 aliphatic heterocycles. The number of thiocarbonyl (C=S) groups is 1. The van der Waals surface area contributed by atoms with Crippen LogP contribution in [0.3, 0.4) is 0 Å². The minimum Gasteiger partial charge on any atom is -0.493 e. The van der Waals surface area contributed by atoms with Crippen LogP contribution in [0.4, 0.5) is 5.69 Å². The van der Waals surface area contributed by atoms with Crippen molar-refractivity contribution in [2.75, 3.05) is 26.9 Å². The fraction of sp³-hybridized carbons (Fsp3) is 0.182. The van der Waals surface area contributed by atoms with E-state index in [1.54, 1.807) is 31.4 Å². The number of ether oxygens (including phenoxy) is 3. The van der Waals surface area contributed by atoms with Gasteiger partial charge in [0, 0.05) is 24.2 Å². The Morgan fingerprint density at radius 1 is 1.16 bits per heavy atom. The van der Waals surface area contributed by atoms with E-state index in [4.69, 9.17) is 26.4 Å². The summed E-state index contributed by atoms with van der Waals surface area (Å²) in [6.07, 6.45) is 3.13. The number of carbonyl (C=O) groups excluding carboxylic acids is 1. The molecule has 3 rings (SSSR count). The summed E-state index contributed by atoms with van der Waals surface area (Å²) < 4.78 is 17.1. The first-order valence-electron chi connectivity index (χ1n) is 9.48. The third-order valence-corrected chi connectivity index (χ3v) is 5.72. The summed E-state index contributed by atoms with van der Waals surface area (Å²) in [5, 5.41) is 11.2. The Morgan fingerprint density at radius 3 is 2.50 bits per heavy atom. The van der Waals surface area contributed by atoms with Crippen molar-refractivity contribution in [2.45, 2.75) is 0 Å². The zero-order valence-electron chi connectivity index (χ0n) is 17.2. The fourth-order valence-corrected chi connectivity index (χ4v) is 4.13. The van der Waals surface area contributed by atoms with Crippen LogP contribution < -0.4 is 14.2 Å². The van der Waals surface area contributed by atoms with Crippen LogP contribution in [0.25, 0.3) is 6.08 Å². The summed E-state index contributed by atoms with van der Waals surface area (Å²) in [4.78, 5) is 25.1. The first-order valence-corrected chi connectivity index (χ1v) is 10.7. The Kier molecular flexibility index (Phi) is 7.85. The number of nitrogens with zero attached hydrogens (tertiary/aromatic N) is 2. The van der Waals surface area contributed by atoms with E-state index in [9.17, 15) is 14.9 Å². The van der Waals surface area contributed by atoms with Crippen molar-refractivity contribution in [3.05, 3.63) is 75.7 Å². The Labute approximate surface area is 194 Å². The number of carbonyl (C=O) groups is 1. The van der Waals surface area contributed by atoms with Crippen LogP contribution in [-0.4, -0.2) is 46.9 Å². The molecular weight excluding hydrogens is 452 g/mol. The average molecular weight is 473 g/mol. The van der Waals surface area contributed by atoms with E-state index >= 15 is 0 Å². The third kappa shape index (κ3) is 5.45. The van der Waals surface area contributed by atoms with E-state index in [0.29, 0.717) is 38.6 Å². The molecular formula is C22H20N2O6S2. The van der Waals surface area contributed by atoms with Crippen LogP contribution in [0, 0.1) is 10.1 Å². The van der Waals surface area contributed by atoms with Gasteiger partial charge in [0.25, 0.3) is 11.6 Å². The maximum absolute atomic E-state index is 12.6. The smallest absolute Gasteiger partial charge is 0.270 e. The molecule has 0 aromatic heterocycles. The molecule has 8 nitrogen and oxygen atoms in total. The average Bonchev–Trinajstić information content (AvgIpc) is 3.05. The largest absolute Gasteiger partial charge is 0.493 e. The van der Waals surface area contributed by atoms with Crippen LogP contribution >= 0.6 is 24.0 Å². The minimum absolute atomic E-state index is 0.115. The van der Waals surface area contributed by atoms with Gasteiger partial charge in [0.2, 0.25) is 0 Å². The number of thioether (sulfide) groups is 1. The van der Waals surface area contributed by atoms with Gasteiger partial charge in [-0.05, 0) is 24.3 Å². The third-order valence-electron chi connectivity index (χ3n) is 4.34. The lowest BCUT2D eigenvalue weighted by atomic mass is 10.1. The molecule has 1 fully saturated rings. The molecule has 1 amide bonds. The maximum Gasteiger partial charge on any atom is 0.270 e. The number of methoxy groups -OCH3 is 1. The summed E-state index contributed by atoms with van der Waals surface area (Å²) in [6.45, 7) is 4.31. The molecule has 0 radical (unpaired) electrons. The van der Waals surface area contributed by atoms with Crippen molar-refractivity contribution < 1.29 is 23.9 Å². The quantitative estimate of drug-likeness (QED) is 0.125. The molecule has 0 saturated carbocycles. The molecule has 10 heteroatoms. The fourth-order valence-electron chi connectivity index (χ4n) is 2.86. The van der Waals surface area contributed by atoms with Crippen molar-refractivity contribution in [2.24, 2.45) is 0 Å². The van der Waals surface area contributed by atoms with Gasteiger partial charge < -0.3 is 14.2 Å². The zero-order valence-corrected chi connectivity index (χ0v) is 18.8. The lowest BCUT2D eigenvalue weighted by Gasteiger charge is -2.12. The minimum atomic E-state index is -0.505. The molecule has 0 spiro atoms. The van der Waals surface area contributed by atoms with Crippen molar-refractivity contribution in [3.63, 3.8) is 0 Å². The molecule has 2 aromatic carbocycles. The second-order valence-corrected chi connectivity index (χ2v) is 8.08. The molecule has 2 aromatic rings. The lowest BCUT2D eigenvalue weighted by molar-refractivity contribution is -0.384. The number of hydrogen-bond donors (Lipinski definition) is 0. The Balaban J connectivity index is 1.76. The van der Waals surface area contributed by atoms with Gasteiger partial charge in [0.1, 0.15) is 23.3 Å². The Bertz CT molecular complexity index is 1090. The highest BCUT2D eigenvalue weighted by molar-refractivity contribution is 8.26. The van der Waals surface area contributed by atoms with Gasteiger partial charge in [-0.3, -0.25) is 19.8 Å². The molecule has 0 bridgehead atoms. The summed E-state index contributed by atoms with van der Waals surface area (Å²) in [5.41, 5.74) is 0.283. The summed E-state index contributed by atoms with van der Waals surface area (Å²) in [5.74, 6) is 1.28. The SMILES string of the molecule is C=CCN1C(=O)/C(=C\c2cc([N+](=O)[O-])ccc2OCCOc2ccccc2OC)SC1=S. The number of rotatable bonds is 10. The summed E-state index contributed by atoms with van der Waals surface area (Å²) >= 11 is 6.37. The molecule has 0 atom stereocenters. The number of amides is 1. The van der Waals surface area contributed by atoms with E-state index in [-0.39, 0.29) is 24.8 Å². The molecule has 32 heavy (non-hydrogen) atoms. The van der Waals surface area contributed by atoms with Crippen molar-refractivity contribution in [1.82, 2.24) is 4.90 Å². The van der Waals surface area contributed by atoms with Crippen molar-refractivity contribution in [3.8, 4) is 17.2 Å². The van der Waals surface area contributed by atoms with Gasteiger partial charge in [0.15, 0.2) is 11.5 Å². The second kappa shape index (κ2) is 10.8. The Morgan fingerprint density at radius 2 is 1.84 bits per heavy atom. The molecule has 1 aliphatic rings. The first kappa shape index (κ1) is 23.3. The van der Waals surface area contributed by atoms with Crippen LogP contribution in [0.5, 0.6) is 17.2 Å². The number of benzene rings is 2. The number of para-hydroxylation sites is 2. The van der Waals surface area contributed by atoms with Crippen molar-refractivity contribution in [1.29, 1.82) is 0 Å². The van der Waals surface area contributed by atoms with E-state index in [1.807, 2.05) is 12.1 Å². The van der Waals surface area contributed by atoms with Crippen LogP contribution in [0.2, 0.25) is 0 Å². The topological polar surface area (TPSA) is 91.1 Å². The molecule has 0 unspecified atom stereocenters. The highest BCUT2D eigenvalue weighted by Crippen LogP contribution is 2.35. The highest BCUT2D eigenvalue weighted by atomic mass is 32.2. The monoisotopic (exact) mass is 472 g/mol. The van der Waals surface area contributed by atoms with E-state index in [0.717, 1.165) is 11.8 Å². The van der Waals surface area contributed by atoms with E-state index in [2.05, 4.69) is 6.58 Å². The molecule has 166 valence electrons. The number of nitro benzene ring substituents is 1. The van der Waals surface area contributed by atoms with Gasteiger partial charge in [-0.15, -0.1) is 6.58 Å². The summed E-state index contributed by atoms with van der Waals surface area (Å²) in [6, 6.07) is 11.4. The first-order chi connectivity index (χ1) is 15.4. The van der Waals surface area contributed by atoms with Gasteiger partial charge in [0.05, 0.1) is 16.9 Å². The van der Waals surface area contributed by atoms with Crippen LogP contribution in [0.1, 0.15) is 5.56 Å². The van der Waals surface area contributed by atoms with E-state index < -0.39 is 4.92 Å². The number of non-ortho nitro benzene ring substituents is 1. The number of hydrogen-bond acceptors (Lipinski definition) is 8. The predicted molar refractivity (Wildman–Crippen MR) is 127 cm³/mol. The van der Waals surface area contributed by atoms with Crippen molar-refractivity contribution >= 4 is 46.0 Å². The van der Waals surface area contributed by atoms with Crippen LogP contribution in [-0.2, 0) is 4.79 Å². The standard InChI is InChI=1S/C22H20N2O6S2/c1-3-10-23-21(25)20(32-22(23)31)14-15-13-16(24(26)27)8-9-17(15)29-11-12-30-19-7-5-4-6-18(19)28-2/h3-9,13-14H,1,10-12H2,2H3/b20-14+. The molecule has 1 heterocycles. The second-order valence-electron chi connectivity index (χ2n) is 6.41. The highest BCUT2D eigenvalue weighted by Gasteiger charge is 2.31. The maximum atomic E-state index is 12.6. The van der Waals surface area contributed by atoms with Gasteiger partial charge >= 0.3 is 0 Å². The van der Waals surface area contributed by atoms with Gasteiger partial charge in [-0.25, -0.2) is 0 Å². The molecule has 0 N–H and O–H groups in total. The lowest BCUT2D eigenvalue weighted by Crippen LogP contribution is -2.27. The Hall–Kier alpha value is -3.37. The summed E-state index contributed by atoms with van der Waals surface area (Å²) in [7, 11) is 1.56. The molecule has 1 saturated heterocycles.